The second kappa shape index (κ2) is 12.7. The van der Waals surface area contributed by atoms with Crippen molar-refractivity contribution in [3.8, 4) is 0 Å². The van der Waals surface area contributed by atoms with Crippen LogP contribution in [0.25, 0.3) is 0 Å². The van der Waals surface area contributed by atoms with Gasteiger partial charge in [-0.3, -0.25) is 9.59 Å². The molecule has 1 heterocycles. The monoisotopic (exact) mass is 506 g/mol. The minimum absolute atomic E-state index is 0.0852. The molecule has 0 spiro atoms. The molecule has 0 saturated carbocycles. The van der Waals surface area contributed by atoms with Crippen molar-refractivity contribution >= 4 is 11.9 Å². The Bertz CT molecular complexity index is 816. The van der Waals surface area contributed by atoms with Gasteiger partial charge in [0.25, 0.3) is 6.48 Å². The van der Waals surface area contributed by atoms with Crippen LogP contribution in [-0.4, -0.2) is 50.4 Å². The summed E-state index contributed by atoms with van der Waals surface area (Å²) in [4.78, 5) is 24.9. The van der Waals surface area contributed by atoms with Gasteiger partial charge in [0.05, 0.1) is 31.2 Å². The molecule has 1 unspecified atom stereocenters. The highest BCUT2D eigenvalue weighted by Crippen LogP contribution is 2.45. The molecular formula is C29H46O7. The third-order valence-corrected chi connectivity index (χ3v) is 8.17. The Balaban J connectivity index is 1.74. The highest BCUT2D eigenvalue weighted by atomic mass is 16.9. The third kappa shape index (κ3) is 7.20. The van der Waals surface area contributed by atoms with Gasteiger partial charge in [-0.2, -0.15) is 0 Å². The molecule has 0 aromatic heterocycles. The van der Waals surface area contributed by atoms with Gasteiger partial charge in [-0.15, -0.1) is 0 Å². The van der Waals surface area contributed by atoms with Crippen LogP contribution in [0.5, 0.6) is 0 Å². The number of hydrogen-bond donors (Lipinski definition) is 0. The van der Waals surface area contributed by atoms with Crippen LogP contribution in [0.4, 0.5) is 0 Å². The molecule has 1 saturated heterocycles. The summed E-state index contributed by atoms with van der Waals surface area (Å²) < 4.78 is 28.6. The standard InChI is InChI=1S/C29H46O7/c1-8-29(5,6)27(31)36-24-15-18(3)14-20-11-10-19(4)23(26(20)24)13-12-21-16-22(17-25(30)32-7)35-28(34-21)33-9-2/h10-11,14,18-19,21-24,26,28H,8-9,12-13,15-17H2,1-7H3/t18-,19-,21+,22+,23-,24-,26-,28?/m0/s1. The molecule has 0 amide bonds. The first kappa shape index (κ1) is 28.9. The van der Waals surface area contributed by atoms with Gasteiger partial charge in [0, 0.05) is 18.9 Å². The molecule has 1 fully saturated rings. The molecule has 36 heavy (non-hydrogen) atoms. The number of ether oxygens (including phenoxy) is 5. The number of hydrogen-bond acceptors (Lipinski definition) is 7. The summed E-state index contributed by atoms with van der Waals surface area (Å²) in [6.45, 7) is 12.0. The average molecular weight is 507 g/mol. The fourth-order valence-electron chi connectivity index (χ4n) is 5.59. The number of carbonyl (C=O) groups excluding carboxylic acids is 2. The lowest BCUT2D eigenvalue weighted by atomic mass is 9.65. The Morgan fingerprint density at radius 2 is 1.81 bits per heavy atom. The Labute approximate surface area is 216 Å². The molecule has 3 aliphatic rings. The Hall–Kier alpha value is -1.70. The highest BCUT2D eigenvalue weighted by Gasteiger charge is 2.43. The van der Waals surface area contributed by atoms with Crippen LogP contribution < -0.4 is 0 Å². The van der Waals surface area contributed by atoms with E-state index < -0.39 is 11.9 Å². The van der Waals surface area contributed by atoms with E-state index in [2.05, 4.69) is 32.1 Å². The van der Waals surface area contributed by atoms with Crippen LogP contribution in [0.3, 0.4) is 0 Å². The first-order valence-corrected chi connectivity index (χ1v) is 13.7. The maximum absolute atomic E-state index is 13.0. The quantitative estimate of drug-likeness (QED) is 0.358. The van der Waals surface area contributed by atoms with Crippen molar-refractivity contribution < 1.29 is 33.3 Å². The van der Waals surface area contributed by atoms with Gasteiger partial charge in [0.2, 0.25) is 0 Å². The Kier molecular flexibility index (Phi) is 10.2. The lowest BCUT2D eigenvalue weighted by Gasteiger charge is -2.44. The second-order valence-electron chi connectivity index (χ2n) is 11.3. The van der Waals surface area contributed by atoms with Crippen molar-refractivity contribution in [1.29, 1.82) is 0 Å². The summed E-state index contributed by atoms with van der Waals surface area (Å²) in [5, 5.41) is 0. The van der Waals surface area contributed by atoms with Crippen LogP contribution >= 0.6 is 0 Å². The number of esters is 2. The van der Waals surface area contributed by atoms with Gasteiger partial charge in [0.1, 0.15) is 6.10 Å². The summed E-state index contributed by atoms with van der Waals surface area (Å²) in [6, 6.07) is 0. The molecule has 0 N–H and O–H groups in total. The maximum Gasteiger partial charge on any atom is 0.311 e. The first-order chi connectivity index (χ1) is 17.1. The van der Waals surface area contributed by atoms with Crippen molar-refractivity contribution in [2.45, 2.75) is 105 Å². The topological polar surface area (TPSA) is 80.3 Å². The van der Waals surface area contributed by atoms with Crippen LogP contribution in [0, 0.1) is 29.1 Å². The maximum atomic E-state index is 13.0. The molecule has 204 valence electrons. The second-order valence-corrected chi connectivity index (χ2v) is 11.3. The summed E-state index contributed by atoms with van der Waals surface area (Å²) >= 11 is 0. The zero-order valence-electron chi connectivity index (χ0n) is 23.2. The third-order valence-electron chi connectivity index (χ3n) is 8.17. The van der Waals surface area contributed by atoms with E-state index in [1.807, 2.05) is 27.7 Å². The largest absolute Gasteiger partial charge is 0.469 e. The molecule has 0 radical (unpaired) electrons. The number of methoxy groups -OCH3 is 1. The van der Waals surface area contributed by atoms with E-state index in [1.165, 1.54) is 12.7 Å². The molecular weight excluding hydrogens is 460 g/mol. The fourth-order valence-corrected chi connectivity index (χ4v) is 5.59. The normalized spacial score (nSPS) is 34.5. The van der Waals surface area contributed by atoms with Gasteiger partial charge in [-0.25, -0.2) is 0 Å². The molecule has 0 bridgehead atoms. The average Bonchev–Trinajstić information content (AvgIpc) is 2.83. The molecule has 3 rings (SSSR count). The molecule has 2 aliphatic carbocycles. The summed E-state index contributed by atoms with van der Waals surface area (Å²) in [5.74, 6) is 0.810. The van der Waals surface area contributed by atoms with Crippen molar-refractivity contribution in [2.75, 3.05) is 13.7 Å². The first-order valence-electron chi connectivity index (χ1n) is 13.7. The van der Waals surface area contributed by atoms with E-state index in [1.54, 1.807) is 0 Å². The van der Waals surface area contributed by atoms with E-state index in [-0.39, 0.29) is 42.6 Å². The van der Waals surface area contributed by atoms with Gasteiger partial charge in [-0.1, -0.05) is 39.0 Å². The summed E-state index contributed by atoms with van der Waals surface area (Å²) in [5.41, 5.74) is 0.794. The lowest BCUT2D eigenvalue weighted by molar-refractivity contribution is -0.350. The molecule has 0 aromatic carbocycles. The van der Waals surface area contributed by atoms with Crippen LogP contribution in [0.15, 0.2) is 23.8 Å². The molecule has 7 heteroatoms. The SMILES string of the molecule is CCOC1O[C@H](CC[C@@H]2[C@@H]3C(=C[C@H](C)C[C@@H]3OC(=O)C(C)(C)CC)C=C[C@@H]2C)C[C@H](CC(=O)OC)O1. The smallest absolute Gasteiger partial charge is 0.311 e. The Morgan fingerprint density at radius 1 is 1.08 bits per heavy atom. The van der Waals surface area contributed by atoms with Crippen molar-refractivity contribution in [3.63, 3.8) is 0 Å². The van der Waals surface area contributed by atoms with Gasteiger partial charge in [-0.05, 0) is 69.8 Å². The minimum Gasteiger partial charge on any atom is -0.469 e. The van der Waals surface area contributed by atoms with E-state index in [0.29, 0.717) is 30.8 Å². The zero-order valence-corrected chi connectivity index (χ0v) is 23.2. The van der Waals surface area contributed by atoms with Gasteiger partial charge < -0.3 is 23.7 Å². The van der Waals surface area contributed by atoms with Crippen molar-refractivity contribution in [1.82, 2.24) is 0 Å². The number of carbonyl (C=O) groups is 2. The van der Waals surface area contributed by atoms with E-state index >= 15 is 0 Å². The highest BCUT2D eigenvalue weighted by molar-refractivity contribution is 5.76. The number of allylic oxidation sites excluding steroid dienone is 3. The van der Waals surface area contributed by atoms with E-state index in [9.17, 15) is 9.59 Å². The summed E-state index contributed by atoms with van der Waals surface area (Å²) in [6.07, 6.45) is 10.5. The van der Waals surface area contributed by atoms with Crippen LogP contribution in [-0.2, 0) is 33.3 Å². The number of rotatable bonds is 10. The van der Waals surface area contributed by atoms with E-state index in [4.69, 9.17) is 23.7 Å². The lowest BCUT2D eigenvalue weighted by Crippen LogP contribution is -2.44. The van der Waals surface area contributed by atoms with E-state index in [0.717, 1.165) is 25.7 Å². The zero-order chi connectivity index (χ0) is 26.5. The molecule has 7 nitrogen and oxygen atoms in total. The van der Waals surface area contributed by atoms with Crippen LogP contribution in [0.2, 0.25) is 0 Å². The predicted molar refractivity (Wildman–Crippen MR) is 137 cm³/mol. The van der Waals surface area contributed by atoms with Crippen molar-refractivity contribution in [2.24, 2.45) is 29.1 Å². The summed E-state index contributed by atoms with van der Waals surface area (Å²) in [7, 11) is 1.39. The molecule has 0 aromatic rings. The van der Waals surface area contributed by atoms with Crippen molar-refractivity contribution in [3.05, 3.63) is 23.8 Å². The van der Waals surface area contributed by atoms with Gasteiger partial charge >= 0.3 is 11.9 Å². The fraction of sp³-hybridized carbons (Fsp3) is 0.793. The minimum atomic E-state index is -0.775. The van der Waals surface area contributed by atoms with Gasteiger partial charge in [0.15, 0.2) is 0 Å². The number of fused-ring (bicyclic) bond motifs is 1. The Morgan fingerprint density at radius 3 is 2.47 bits per heavy atom. The molecule has 8 atom stereocenters. The molecule has 1 aliphatic heterocycles. The van der Waals surface area contributed by atoms with Crippen LogP contribution in [0.1, 0.15) is 80.1 Å². The predicted octanol–water partition coefficient (Wildman–Crippen LogP) is 5.58.